The van der Waals surface area contributed by atoms with Crippen LogP contribution in [0.1, 0.15) is 38.5 Å². The van der Waals surface area contributed by atoms with Crippen molar-refractivity contribution in [2.75, 3.05) is 20.1 Å². The van der Waals surface area contributed by atoms with E-state index in [1.807, 2.05) is 4.90 Å². The third-order valence-electron chi connectivity index (χ3n) is 4.32. The van der Waals surface area contributed by atoms with Crippen LogP contribution in [0.3, 0.4) is 0 Å². The van der Waals surface area contributed by atoms with E-state index in [1.54, 1.807) is 7.05 Å². The van der Waals surface area contributed by atoms with Gasteiger partial charge in [-0.3, -0.25) is 9.59 Å². The van der Waals surface area contributed by atoms with Crippen LogP contribution in [0.4, 0.5) is 0 Å². The Balaban J connectivity index is 1.89. The zero-order valence-corrected chi connectivity index (χ0v) is 11.1. The van der Waals surface area contributed by atoms with Gasteiger partial charge in [0.05, 0.1) is 5.54 Å². The second-order valence-corrected chi connectivity index (χ2v) is 5.54. The van der Waals surface area contributed by atoms with Crippen LogP contribution in [-0.2, 0) is 9.59 Å². The average Bonchev–Trinajstić information content (AvgIpc) is 2.85. The van der Waals surface area contributed by atoms with Gasteiger partial charge in [-0.1, -0.05) is 12.8 Å². The van der Waals surface area contributed by atoms with Crippen molar-refractivity contribution in [3.63, 3.8) is 0 Å². The quantitative estimate of drug-likeness (QED) is 0.740. The summed E-state index contributed by atoms with van der Waals surface area (Å²) in [7, 11) is 1.66. The molecule has 3 N–H and O–H groups in total. The van der Waals surface area contributed by atoms with Crippen LogP contribution in [0.15, 0.2) is 0 Å². The smallest absolute Gasteiger partial charge is 0.242 e. The second kappa shape index (κ2) is 5.26. The lowest BCUT2D eigenvalue weighted by Gasteiger charge is -2.36. The maximum Gasteiger partial charge on any atom is 0.242 e. The Hall–Kier alpha value is -1.10. The van der Waals surface area contributed by atoms with Crippen molar-refractivity contribution in [3.05, 3.63) is 0 Å². The fourth-order valence-electron chi connectivity index (χ4n) is 3.08. The van der Waals surface area contributed by atoms with Gasteiger partial charge >= 0.3 is 0 Å². The number of amides is 2. The number of hydrogen-bond donors (Lipinski definition) is 2. The number of carbonyl (C=O) groups is 2. The minimum absolute atomic E-state index is 0.0522. The highest BCUT2D eigenvalue weighted by Gasteiger charge is 2.41. The molecule has 1 aliphatic heterocycles. The van der Waals surface area contributed by atoms with Gasteiger partial charge in [0.15, 0.2) is 0 Å². The normalized spacial score (nSPS) is 24.0. The molecule has 0 radical (unpaired) electrons. The Morgan fingerprint density at radius 1 is 1.22 bits per heavy atom. The summed E-state index contributed by atoms with van der Waals surface area (Å²) in [5, 5.41) is 2.67. The van der Waals surface area contributed by atoms with Crippen molar-refractivity contribution in [2.24, 2.45) is 11.7 Å². The highest BCUT2D eigenvalue weighted by atomic mass is 16.2. The summed E-state index contributed by atoms with van der Waals surface area (Å²) in [5.74, 6) is 0.233. The summed E-state index contributed by atoms with van der Waals surface area (Å²) in [6.07, 6.45) is 5.22. The number of nitrogens with two attached hydrogens (primary N) is 1. The number of carbonyl (C=O) groups excluding carboxylic acids is 2. The predicted molar refractivity (Wildman–Crippen MR) is 68.8 cm³/mol. The monoisotopic (exact) mass is 253 g/mol. The molecule has 0 aromatic rings. The molecule has 2 amide bonds. The van der Waals surface area contributed by atoms with Gasteiger partial charge in [-0.05, 0) is 25.7 Å². The molecule has 5 heteroatoms. The van der Waals surface area contributed by atoms with Gasteiger partial charge < -0.3 is 16.0 Å². The van der Waals surface area contributed by atoms with E-state index in [1.165, 1.54) is 0 Å². The fraction of sp³-hybridized carbons (Fsp3) is 0.846. The van der Waals surface area contributed by atoms with Crippen LogP contribution in [0, 0.1) is 5.92 Å². The zero-order valence-electron chi connectivity index (χ0n) is 11.1. The summed E-state index contributed by atoms with van der Waals surface area (Å²) in [6.45, 7) is 1.33. The minimum Gasteiger partial charge on any atom is -0.359 e. The largest absolute Gasteiger partial charge is 0.359 e. The Morgan fingerprint density at radius 3 is 2.28 bits per heavy atom. The molecular weight excluding hydrogens is 230 g/mol. The van der Waals surface area contributed by atoms with E-state index in [9.17, 15) is 9.59 Å². The van der Waals surface area contributed by atoms with E-state index in [0.29, 0.717) is 13.1 Å². The molecule has 2 aliphatic rings. The van der Waals surface area contributed by atoms with E-state index >= 15 is 0 Å². The van der Waals surface area contributed by atoms with Crippen LogP contribution in [0.5, 0.6) is 0 Å². The lowest BCUT2D eigenvalue weighted by atomic mass is 9.92. The molecule has 0 aromatic heterocycles. The number of hydrogen-bond acceptors (Lipinski definition) is 3. The highest BCUT2D eigenvalue weighted by molar-refractivity contribution is 5.87. The molecule has 0 spiro atoms. The third kappa shape index (κ3) is 2.51. The molecule has 2 rings (SSSR count). The van der Waals surface area contributed by atoms with Crippen molar-refractivity contribution in [1.29, 1.82) is 0 Å². The van der Waals surface area contributed by atoms with Gasteiger partial charge in [-0.2, -0.15) is 0 Å². The SMILES string of the molecule is CNC(=O)C1CCN(C(=O)C2(N)CCCC2)CC1. The lowest BCUT2D eigenvalue weighted by molar-refractivity contribution is -0.140. The number of piperidine rings is 1. The minimum atomic E-state index is -0.625. The van der Waals surface area contributed by atoms with Crippen molar-refractivity contribution < 1.29 is 9.59 Å². The van der Waals surface area contributed by atoms with Gasteiger partial charge in [-0.15, -0.1) is 0 Å². The summed E-state index contributed by atoms with van der Waals surface area (Å²) in [6, 6.07) is 0. The van der Waals surface area contributed by atoms with E-state index in [-0.39, 0.29) is 17.7 Å². The first-order valence-electron chi connectivity index (χ1n) is 6.87. The molecule has 2 fully saturated rings. The van der Waals surface area contributed by atoms with Crippen LogP contribution >= 0.6 is 0 Å². The van der Waals surface area contributed by atoms with Gasteiger partial charge in [-0.25, -0.2) is 0 Å². The van der Waals surface area contributed by atoms with Gasteiger partial charge in [0.25, 0.3) is 0 Å². The molecule has 0 atom stereocenters. The van der Waals surface area contributed by atoms with Gasteiger partial charge in [0, 0.05) is 26.1 Å². The Bertz CT molecular complexity index is 329. The summed E-state index contributed by atoms with van der Waals surface area (Å²) in [4.78, 5) is 25.7. The molecule has 1 heterocycles. The molecule has 102 valence electrons. The first-order valence-corrected chi connectivity index (χ1v) is 6.87. The first kappa shape index (κ1) is 13.3. The molecule has 1 saturated carbocycles. The van der Waals surface area contributed by atoms with E-state index in [2.05, 4.69) is 5.32 Å². The lowest BCUT2D eigenvalue weighted by Crippen LogP contribution is -2.55. The third-order valence-corrected chi connectivity index (χ3v) is 4.32. The number of likely N-dealkylation sites (tertiary alicyclic amines) is 1. The molecule has 18 heavy (non-hydrogen) atoms. The summed E-state index contributed by atoms with van der Waals surface area (Å²) < 4.78 is 0. The van der Waals surface area contributed by atoms with Crippen molar-refractivity contribution in [3.8, 4) is 0 Å². The van der Waals surface area contributed by atoms with Crippen LogP contribution in [-0.4, -0.2) is 42.4 Å². The second-order valence-electron chi connectivity index (χ2n) is 5.54. The molecular formula is C13H23N3O2. The molecule has 0 bridgehead atoms. The molecule has 5 nitrogen and oxygen atoms in total. The molecule has 0 unspecified atom stereocenters. The molecule has 1 saturated heterocycles. The summed E-state index contributed by atoms with van der Waals surface area (Å²) >= 11 is 0. The Morgan fingerprint density at radius 2 is 1.78 bits per heavy atom. The van der Waals surface area contributed by atoms with Crippen LogP contribution in [0.25, 0.3) is 0 Å². The Kier molecular flexibility index (Phi) is 3.90. The maximum absolute atomic E-state index is 12.4. The van der Waals surface area contributed by atoms with Crippen molar-refractivity contribution in [1.82, 2.24) is 10.2 Å². The molecule has 0 aromatic carbocycles. The molecule has 1 aliphatic carbocycles. The average molecular weight is 253 g/mol. The van der Waals surface area contributed by atoms with E-state index in [0.717, 1.165) is 38.5 Å². The number of rotatable bonds is 2. The number of nitrogens with one attached hydrogen (secondary N) is 1. The van der Waals surface area contributed by atoms with E-state index in [4.69, 9.17) is 5.73 Å². The zero-order chi connectivity index (χ0) is 13.2. The maximum atomic E-state index is 12.4. The standard InChI is InChI=1S/C13H23N3O2/c1-15-11(17)10-4-8-16(9-5-10)12(18)13(14)6-2-3-7-13/h10H,2-9,14H2,1H3,(H,15,17). The van der Waals surface area contributed by atoms with Crippen LogP contribution < -0.4 is 11.1 Å². The van der Waals surface area contributed by atoms with Gasteiger partial charge in [0.2, 0.25) is 11.8 Å². The fourth-order valence-corrected chi connectivity index (χ4v) is 3.08. The highest BCUT2D eigenvalue weighted by Crippen LogP contribution is 2.30. The van der Waals surface area contributed by atoms with Crippen molar-refractivity contribution >= 4 is 11.8 Å². The number of nitrogens with zero attached hydrogens (tertiary/aromatic N) is 1. The Labute approximate surface area is 108 Å². The predicted octanol–water partition coefficient (Wildman–Crippen LogP) is 0.243. The van der Waals surface area contributed by atoms with Gasteiger partial charge in [0.1, 0.15) is 0 Å². The van der Waals surface area contributed by atoms with E-state index < -0.39 is 5.54 Å². The summed E-state index contributed by atoms with van der Waals surface area (Å²) in [5.41, 5.74) is 5.56. The van der Waals surface area contributed by atoms with Crippen molar-refractivity contribution in [2.45, 2.75) is 44.1 Å². The van der Waals surface area contributed by atoms with Crippen LogP contribution in [0.2, 0.25) is 0 Å². The first-order chi connectivity index (χ1) is 8.57. The topological polar surface area (TPSA) is 75.4 Å².